The lowest BCUT2D eigenvalue weighted by Gasteiger charge is -2.05. The molecule has 0 aliphatic carbocycles. The van der Waals surface area contributed by atoms with Gasteiger partial charge in [-0.25, -0.2) is 4.98 Å². The second-order valence-corrected chi connectivity index (χ2v) is 5.41. The molecule has 24 heavy (non-hydrogen) atoms. The molecule has 2 aromatic heterocycles. The van der Waals surface area contributed by atoms with E-state index in [1.54, 1.807) is 24.3 Å². The van der Waals surface area contributed by atoms with E-state index in [9.17, 15) is 9.59 Å². The summed E-state index contributed by atoms with van der Waals surface area (Å²) >= 11 is 0. The maximum Gasteiger partial charge on any atom is 0.325 e. The Bertz CT molecular complexity index is 872. The number of ether oxygens (including phenoxy) is 1. The lowest BCUT2D eigenvalue weighted by atomic mass is 10.2. The maximum atomic E-state index is 11.8. The minimum absolute atomic E-state index is 0.0702. The van der Waals surface area contributed by atoms with E-state index < -0.39 is 5.97 Å². The van der Waals surface area contributed by atoms with E-state index in [2.05, 4.69) is 10.3 Å². The van der Waals surface area contributed by atoms with E-state index in [1.165, 1.54) is 0 Å². The summed E-state index contributed by atoms with van der Waals surface area (Å²) in [5.74, 6) is -0.816. The molecule has 0 fully saturated rings. The molecule has 0 radical (unpaired) electrons. The number of carbonyl (C=O) groups is 2. The molecule has 0 unspecified atom stereocenters. The van der Waals surface area contributed by atoms with E-state index >= 15 is 0 Å². The number of benzene rings is 1. The number of esters is 1. The van der Waals surface area contributed by atoms with Gasteiger partial charge in [0.15, 0.2) is 0 Å². The first-order chi connectivity index (χ1) is 11.6. The Morgan fingerprint density at radius 2 is 1.92 bits per heavy atom. The Labute approximate surface area is 139 Å². The van der Waals surface area contributed by atoms with Gasteiger partial charge in [-0.2, -0.15) is 0 Å². The molecule has 0 atom stereocenters. The standard InChI is InChI=1S/C18H17N3O3/c1-13-7-8-16-20-15(11-21(16)10-13)12-24-17(22)9-19-18(23)14-5-3-2-4-6-14/h2-8,10-11H,9,12H2,1H3,(H,19,23). The van der Waals surface area contributed by atoms with Crippen LogP contribution in [0.15, 0.2) is 54.9 Å². The van der Waals surface area contributed by atoms with Crippen LogP contribution in [0.1, 0.15) is 21.6 Å². The first-order valence-corrected chi connectivity index (χ1v) is 7.55. The molecule has 6 heteroatoms. The molecule has 0 aliphatic heterocycles. The van der Waals surface area contributed by atoms with Gasteiger partial charge in [0.05, 0.1) is 5.69 Å². The number of amides is 1. The van der Waals surface area contributed by atoms with Gasteiger partial charge < -0.3 is 14.5 Å². The third kappa shape index (κ3) is 3.78. The van der Waals surface area contributed by atoms with Crippen molar-refractivity contribution in [2.45, 2.75) is 13.5 Å². The van der Waals surface area contributed by atoms with E-state index in [0.29, 0.717) is 11.3 Å². The first kappa shape index (κ1) is 15.7. The van der Waals surface area contributed by atoms with Gasteiger partial charge in [-0.1, -0.05) is 24.3 Å². The Hall–Kier alpha value is -3.15. The molecular weight excluding hydrogens is 306 g/mol. The molecule has 0 spiro atoms. The normalized spacial score (nSPS) is 10.5. The second-order valence-electron chi connectivity index (χ2n) is 5.41. The molecule has 2 heterocycles. The van der Waals surface area contributed by atoms with Crippen LogP contribution in [0.2, 0.25) is 0 Å². The van der Waals surface area contributed by atoms with Crippen molar-refractivity contribution in [3.05, 3.63) is 71.7 Å². The molecule has 0 saturated carbocycles. The summed E-state index contributed by atoms with van der Waals surface area (Å²) in [4.78, 5) is 28.0. The Morgan fingerprint density at radius 3 is 2.71 bits per heavy atom. The lowest BCUT2D eigenvalue weighted by molar-refractivity contribution is -0.143. The summed E-state index contributed by atoms with van der Waals surface area (Å²) in [5, 5.41) is 2.53. The summed E-state index contributed by atoms with van der Waals surface area (Å²) in [5.41, 5.74) is 3.07. The molecular formula is C18H17N3O3. The molecule has 0 saturated heterocycles. The quantitative estimate of drug-likeness (QED) is 0.730. The van der Waals surface area contributed by atoms with Crippen LogP contribution in [-0.4, -0.2) is 27.8 Å². The lowest BCUT2D eigenvalue weighted by Crippen LogP contribution is -2.30. The minimum Gasteiger partial charge on any atom is -0.458 e. The van der Waals surface area contributed by atoms with Crippen molar-refractivity contribution in [2.75, 3.05) is 6.54 Å². The Morgan fingerprint density at radius 1 is 1.12 bits per heavy atom. The predicted molar refractivity (Wildman–Crippen MR) is 88.5 cm³/mol. The fourth-order valence-corrected chi connectivity index (χ4v) is 2.27. The van der Waals surface area contributed by atoms with Crippen LogP contribution in [0.3, 0.4) is 0 Å². The third-order valence-electron chi connectivity index (χ3n) is 3.46. The number of pyridine rings is 1. The Balaban J connectivity index is 1.50. The number of fused-ring (bicyclic) bond motifs is 1. The van der Waals surface area contributed by atoms with Crippen LogP contribution in [-0.2, 0) is 16.1 Å². The van der Waals surface area contributed by atoms with Crippen LogP contribution in [0.4, 0.5) is 0 Å². The van der Waals surface area contributed by atoms with E-state index in [4.69, 9.17) is 4.74 Å². The summed E-state index contributed by atoms with van der Waals surface area (Å²) in [7, 11) is 0. The Kier molecular flexibility index (Phi) is 4.56. The third-order valence-corrected chi connectivity index (χ3v) is 3.46. The first-order valence-electron chi connectivity index (χ1n) is 7.55. The molecule has 1 amide bonds. The highest BCUT2D eigenvalue weighted by molar-refractivity contribution is 5.95. The largest absolute Gasteiger partial charge is 0.458 e. The van der Waals surface area contributed by atoms with Crippen LogP contribution in [0, 0.1) is 6.92 Å². The van der Waals surface area contributed by atoms with Crippen molar-refractivity contribution in [1.29, 1.82) is 0 Å². The predicted octanol–water partition coefficient (Wildman–Crippen LogP) is 2.12. The van der Waals surface area contributed by atoms with Gasteiger partial charge in [0.25, 0.3) is 5.91 Å². The van der Waals surface area contributed by atoms with E-state index in [1.807, 2.05) is 41.9 Å². The topological polar surface area (TPSA) is 72.7 Å². The fourth-order valence-electron chi connectivity index (χ4n) is 2.27. The van der Waals surface area contributed by atoms with Gasteiger partial charge in [-0.3, -0.25) is 9.59 Å². The molecule has 0 bridgehead atoms. The van der Waals surface area contributed by atoms with Gasteiger partial charge in [0.1, 0.15) is 18.8 Å². The van der Waals surface area contributed by atoms with Gasteiger partial charge in [0.2, 0.25) is 0 Å². The molecule has 3 rings (SSSR count). The number of hydrogen-bond donors (Lipinski definition) is 1. The molecule has 0 aliphatic rings. The number of nitrogens with one attached hydrogen (secondary N) is 1. The zero-order valence-corrected chi connectivity index (χ0v) is 13.2. The molecule has 6 nitrogen and oxygen atoms in total. The second kappa shape index (κ2) is 6.95. The number of imidazole rings is 1. The summed E-state index contributed by atoms with van der Waals surface area (Å²) in [6, 6.07) is 12.6. The summed E-state index contributed by atoms with van der Waals surface area (Å²) in [6.07, 6.45) is 3.77. The number of carbonyl (C=O) groups excluding carboxylic acids is 2. The smallest absolute Gasteiger partial charge is 0.325 e. The van der Waals surface area contributed by atoms with Crippen LogP contribution >= 0.6 is 0 Å². The number of hydrogen-bond acceptors (Lipinski definition) is 4. The highest BCUT2D eigenvalue weighted by Crippen LogP contribution is 2.08. The minimum atomic E-state index is -0.507. The van der Waals surface area contributed by atoms with Crippen molar-refractivity contribution in [3.63, 3.8) is 0 Å². The van der Waals surface area contributed by atoms with Gasteiger partial charge >= 0.3 is 5.97 Å². The van der Waals surface area contributed by atoms with Gasteiger partial charge in [-0.15, -0.1) is 0 Å². The van der Waals surface area contributed by atoms with Crippen LogP contribution in [0.5, 0.6) is 0 Å². The van der Waals surface area contributed by atoms with E-state index in [0.717, 1.165) is 11.2 Å². The van der Waals surface area contributed by atoms with E-state index in [-0.39, 0.29) is 19.1 Å². The molecule has 3 aromatic rings. The number of rotatable bonds is 5. The highest BCUT2D eigenvalue weighted by atomic mass is 16.5. The number of aromatic nitrogens is 2. The number of aryl methyl sites for hydroxylation is 1. The van der Waals surface area contributed by atoms with Crippen LogP contribution < -0.4 is 5.32 Å². The van der Waals surface area contributed by atoms with Gasteiger partial charge in [0, 0.05) is 18.0 Å². The van der Waals surface area contributed by atoms with Crippen molar-refractivity contribution in [1.82, 2.24) is 14.7 Å². The van der Waals surface area contributed by atoms with Crippen molar-refractivity contribution >= 4 is 17.5 Å². The highest BCUT2D eigenvalue weighted by Gasteiger charge is 2.09. The fraction of sp³-hybridized carbons (Fsp3) is 0.167. The molecule has 1 N–H and O–H groups in total. The van der Waals surface area contributed by atoms with Crippen molar-refractivity contribution in [3.8, 4) is 0 Å². The SMILES string of the molecule is Cc1ccc2nc(COC(=O)CNC(=O)c3ccccc3)cn2c1. The average molecular weight is 323 g/mol. The monoisotopic (exact) mass is 323 g/mol. The molecule has 1 aromatic carbocycles. The van der Waals surface area contributed by atoms with Crippen molar-refractivity contribution in [2.24, 2.45) is 0 Å². The van der Waals surface area contributed by atoms with Crippen molar-refractivity contribution < 1.29 is 14.3 Å². The van der Waals surface area contributed by atoms with Crippen LogP contribution in [0.25, 0.3) is 5.65 Å². The average Bonchev–Trinajstić information content (AvgIpc) is 3.00. The zero-order valence-electron chi connectivity index (χ0n) is 13.2. The summed E-state index contributed by atoms with van der Waals surface area (Å²) in [6.45, 7) is 1.88. The summed E-state index contributed by atoms with van der Waals surface area (Å²) < 4.78 is 7.03. The number of nitrogens with zero attached hydrogens (tertiary/aromatic N) is 2. The zero-order chi connectivity index (χ0) is 16.9. The van der Waals surface area contributed by atoms with Gasteiger partial charge in [-0.05, 0) is 30.7 Å². The molecule has 122 valence electrons. The maximum absolute atomic E-state index is 11.8.